The van der Waals surface area contributed by atoms with Crippen LogP contribution in [0.1, 0.15) is 18.1 Å². The molecule has 0 aliphatic heterocycles. The van der Waals surface area contributed by atoms with Crippen LogP contribution < -0.4 is 0 Å². The Balaban J connectivity index is 1.89. The summed E-state index contributed by atoms with van der Waals surface area (Å²) in [6, 6.07) is 13.2. The number of aromatic nitrogens is 2. The number of hydrogen-bond donors (Lipinski definition) is 0. The third kappa shape index (κ3) is 2.64. The lowest BCUT2D eigenvalue weighted by molar-refractivity contribution is 0.821. The molecule has 0 aliphatic rings. The quantitative estimate of drug-likeness (QED) is 0.682. The number of hydrogen-bond acceptors (Lipinski definition) is 1. The highest BCUT2D eigenvalue weighted by Gasteiger charge is 1.99. The van der Waals surface area contributed by atoms with Crippen molar-refractivity contribution < 1.29 is 0 Å². The molecule has 0 bridgehead atoms. The van der Waals surface area contributed by atoms with Gasteiger partial charge in [-0.1, -0.05) is 42.0 Å². The maximum atomic E-state index is 4.06. The lowest BCUT2D eigenvalue weighted by Crippen LogP contribution is -1.91. The summed E-state index contributed by atoms with van der Waals surface area (Å²) in [7, 11) is 0. The predicted molar refractivity (Wildman–Crippen MR) is 84.6 cm³/mol. The van der Waals surface area contributed by atoms with Gasteiger partial charge in [-0.15, -0.1) is 0 Å². The van der Waals surface area contributed by atoms with E-state index in [-0.39, 0.29) is 0 Å². The van der Waals surface area contributed by atoms with Crippen LogP contribution in [0.25, 0.3) is 16.3 Å². The second-order valence-corrected chi connectivity index (χ2v) is 5.21. The molecule has 0 N–H and O–H groups in total. The number of imidazole rings is 1. The van der Waals surface area contributed by atoms with Gasteiger partial charge in [-0.05, 0) is 41.8 Å². The monoisotopic (exact) mass is 262 g/mol. The minimum Gasteiger partial charge on any atom is -0.334 e. The molecular formula is C18H18N2. The number of fused-ring (bicyclic) bond motifs is 1. The van der Waals surface area contributed by atoms with Crippen LogP contribution in [-0.4, -0.2) is 9.55 Å². The van der Waals surface area contributed by atoms with Crippen molar-refractivity contribution in [2.75, 3.05) is 0 Å². The molecule has 0 aliphatic carbocycles. The van der Waals surface area contributed by atoms with E-state index < -0.39 is 0 Å². The first-order chi connectivity index (χ1) is 9.72. The van der Waals surface area contributed by atoms with Crippen molar-refractivity contribution in [1.82, 2.24) is 9.55 Å². The molecule has 0 amide bonds. The fraction of sp³-hybridized carbons (Fsp3) is 0.167. The molecule has 3 aromatic rings. The molecule has 20 heavy (non-hydrogen) atoms. The number of aryl methyl sites for hydroxylation is 1. The molecule has 1 heterocycles. The Hall–Kier alpha value is -2.35. The molecule has 2 heteroatoms. The first-order valence-electron chi connectivity index (χ1n) is 6.86. The fourth-order valence-corrected chi connectivity index (χ4v) is 2.37. The summed E-state index contributed by atoms with van der Waals surface area (Å²) in [5.41, 5.74) is 3.88. The van der Waals surface area contributed by atoms with Crippen LogP contribution >= 0.6 is 0 Å². The molecule has 0 radical (unpaired) electrons. The average molecular weight is 262 g/mol. The van der Waals surface area contributed by atoms with Crippen LogP contribution in [0.5, 0.6) is 0 Å². The van der Waals surface area contributed by atoms with Gasteiger partial charge in [0, 0.05) is 18.9 Å². The van der Waals surface area contributed by atoms with Crippen LogP contribution in [0.3, 0.4) is 0 Å². The summed E-state index contributed by atoms with van der Waals surface area (Å²) in [4.78, 5) is 4.06. The van der Waals surface area contributed by atoms with E-state index in [1.807, 2.05) is 18.7 Å². The highest BCUT2D eigenvalue weighted by Crippen LogP contribution is 2.22. The molecule has 0 saturated heterocycles. The Kier molecular flexibility index (Phi) is 3.38. The molecule has 0 saturated carbocycles. The van der Waals surface area contributed by atoms with Gasteiger partial charge < -0.3 is 4.57 Å². The van der Waals surface area contributed by atoms with Gasteiger partial charge in [0.25, 0.3) is 0 Å². The van der Waals surface area contributed by atoms with Crippen LogP contribution in [-0.2, 0) is 6.54 Å². The number of benzene rings is 2. The predicted octanol–water partition coefficient (Wildman–Crippen LogP) is 4.45. The molecule has 0 fully saturated rings. The topological polar surface area (TPSA) is 17.8 Å². The average Bonchev–Trinajstić information content (AvgIpc) is 2.97. The summed E-state index contributed by atoms with van der Waals surface area (Å²) in [5.74, 6) is 0. The zero-order valence-electron chi connectivity index (χ0n) is 11.9. The third-order valence-electron chi connectivity index (χ3n) is 3.62. The number of rotatable bonds is 3. The van der Waals surface area contributed by atoms with E-state index >= 15 is 0 Å². The van der Waals surface area contributed by atoms with E-state index in [1.165, 1.54) is 27.5 Å². The van der Waals surface area contributed by atoms with Gasteiger partial charge in [0.15, 0.2) is 0 Å². The molecule has 1 aromatic heterocycles. The van der Waals surface area contributed by atoms with Crippen LogP contribution in [0, 0.1) is 6.92 Å². The van der Waals surface area contributed by atoms with Gasteiger partial charge in [0.1, 0.15) is 0 Å². The van der Waals surface area contributed by atoms with Crippen molar-refractivity contribution in [2.24, 2.45) is 0 Å². The van der Waals surface area contributed by atoms with Gasteiger partial charge in [-0.2, -0.15) is 0 Å². The highest BCUT2D eigenvalue weighted by atomic mass is 15.0. The van der Waals surface area contributed by atoms with E-state index in [1.54, 1.807) is 0 Å². The SMILES string of the molecule is CC(=CCn1ccnc1)c1ccc2cc(C)ccc2c1. The summed E-state index contributed by atoms with van der Waals surface area (Å²) >= 11 is 0. The van der Waals surface area contributed by atoms with Crippen LogP contribution in [0.15, 0.2) is 61.2 Å². The largest absolute Gasteiger partial charge is 0.334 e. The maximum absolute atomic E-state index is 4.06. The zero-order chi connectivity index (χ0) is 13.9. The Labute approximate surface area is 119 Å². The lowest BCUT2D eigenvalue weighted by atomic mass is 10.0. The van der Waals surface area contributed by atoms with E-state index in [0.717, 1.165) is 6.54 Å². The zero-order valence-corrected chi connectivity index (χ0v) is 11.9. The van der Waals surface area contributed by atoms with E-state index in [0.29, 0.717) is 0 Å². The normalized spacial score (nSPS) is 12.0. The Morgan fingerprint density at radius 2 is 1.95 bits per heavy atom. The number of nitrogens with zero attached hydrogens (tertiary/aromatic N) is 2. The van der Waals surface area contributed by atoms with Crippen molar-refractivity contribution in [3.63, 3.8) is 0 Å². The number of allylic oxidation sites excluding steroid dienone is 2. The molecule has 3 rings (SSSR count). The van der Waals surface area contributed by atoms with Crippen molar-refractivity contribution in [1.29, 1.82) is 0 Å². The van der Waals surface area contributed by atoms with Gasteiger partial charge in [0.05, 0.1) is 6.33 Å². The summed E-state index contributed by atoms with van der Waals surface area (Å²) < 4.78 is 2.06. The minimum absolute atomic E-state index is 0.859. The van der Waals surface area contributed by atoms with Gasteiger partial charge in [0.2, 0.25) is 0 Å². The van der Waals surface area contributed by atoms with E-state index in [4.69, 9.17) is 0 Å². The maximum Gasteiger partial charge on any atom is 0.0948 e. The second-order valence-electron chi connectivity index (χ2n) is 5.21. The van der Waals surface area contributed by atoms with Crippen molar-refractivity contribution in [3.8, 4) is 0 Å². The summed E-state index contributed by atoms with van der Waals surface area (Å²) in [6.07, 6.45) is 7.86. The van der Waals surface area contributed by atoms with Gasteiger partial charge in [-0.3, -0.25) is 0 Å². The van der Waals surface area contributed by atoms with Crippen LogP contribution in [0.4, 0.5) is 0 Å². The van der Waals surface area contributed by atoms with E-state index in [2.05, 4.69) is 65.9 Å². The van der Waals surface area contributed by atoms with Crippen molar-refractivity contribution in [3.05, 3.63) is 72.3 Å². The molecule has 0 atom stereocenters. The first kappa shape index (κ1) is 12.7. The minimum atomic E-state index is 0.859. The summed E-state index contributed by atoms with van der Waals surface area (Å²) in [5, 5.41) is 2.60. The molecule has 100 valence electrons. The van der Waals surface area contributed by atoms with Crippen LogP contribution in [0.2, 0.25) is 0 Å². The first-order valence-corrected chi connectivity index (χ1v) is 6.86. The standard InChI is InChI=1S/C18H18N2/c1-14-3-4-18-12-16(5-6-17(18)11-14)15(2)7-9-20-10-8-19-13-20/h3-8,10-13H,9H2,1-2H3. The summed E-state index contributed by atoms with van der Waals surface area (Å²) in [6.45, 7) is 5.15. The van der Waals surface area contributed by atoms with Gasteiger partial charge in [-0.25, -0.2) is 4.98 Å². The highest BCUT2D eigenvalue weighted by molar-refractivity contribution is 5.86. The van der Waals surface area contributed by atoms with Crippen molar-refractivity contribution >= 4 is 16.3 Å². The van der Waals surface area contributed by atoms with Crippen molar-refractivity contribution in [2.45, 2.75) is 20.4 Å². The molecule has 0 unspecified atom stereocenters. The Bertz CT molecular complexity index is 752. The molecule has 2 nitrogen and oxygen atoms in total. The van der Waals surface area contributed by atoms with Gasteiger partial charge >= 0.3 is 0 Å². The fourth-order valence-electron chi connectivity index (χ4n) is 2.37. The third-order valence-corrected chi connectivity index (χ3v) is 3.62. The lowest BCUT2D eigenvalue weighted by Gasteiger charge is -2.06. The Morgan fingerprint density at radius 1 is 1.15 bits per heavy atom. The van der Waals surface area contributed by atoms with E-state index in [9.17, 15) is 0 Å². The smallest absolute Gasteiger partial charge is 0.0948 e. The molecule has 0 spiro atoms. The Morgan fingerprint density at radius 3 is 2.75 bits per heavy atom. The molecular weight excluding hydrogens is 244 g/mol. The second kappa shape index (κ2) is 5.33. The molecule has 2 aromatic carbocycles.